The number of anilines is 1. The van der Waals surface area contributed by atoms with Gasteiger partial charge in [-0.2, -0.15) is 0 Å². The van der Waals surface area contributed by atoms with Gasteiger partial charge in [0.25, 0.3) is 0 Å². The maximum Gasteiger partial charge on any atom is 0.130 e. The van der Waals surface area contributed by atoms with Crippen LogP contribution < -0.4 is 5.32 Å². The molecule has 21 heavy (non-hydrogen) atoms. The number of aryl methyl sites for hydroxylation is 1. The summed E-state index contributed by atoms with van der Waals surface area (Å²) in [5, 5.41) is 3.09. The highest BCUT2D eigenvalue weighted by molar-refractivity contribution is 5.50. The molecule has 0 heterocycles. The number of benzene rings is 1. The number of halogens is 1. The van der Waals surface area contributed by atoms with Crippen LogP contribution in [0.25, 0.3) is 0 Å². The van der Waals surface area contributed by atoms with Gasteiger partial charge in [-0.25, -0.2) is 4.39 Å². The summed E-state index contributed by atoms with van der Waals surface area (Å²) >= 11 is 0. The van der Waals surface area contributed by atoms with Crippen LogP contribution in [0.5, 0.6) is 0 Å². The maximum atomic E-state index is 14.4. The Morgan fingerprint density at radius 2 is 1.81 bits per heavy atom. The van der Waals surface area contributed by atoms with Crippen molar-refractivity contribution in [2.45, 2.75) is 64.5 Å². The normalized spacial score (nSPS) is 11.4. The molecule has 0 saturated carbocycles. The van der Waals surface area contributed by atoms with E-state index in [1.165, 1.54) is 25.7 Å². The molecule has 0 unspecified atom stereocenters. The SMILES string of the molecule is C=CCCCCCCCc1ccc(NC)cc1C(C)(C)F. The van der Waals surface area contributed by atoms with E-state index in [-0.39, 0.29) is 0 Å². The summed E-state index contributed by atoms with van der Waals surface area (Å²) in [5.41, 5.74) is 1.66. The van der Waals surface area contributed by atoms with E-state index in [4.69, 9.17) is 0 Å². The van der Waals surface area contributed by atoms with Gasteiger partial charge in [-0.3, -0.25) is 0 Å². The average molecular weight is 291 g/mol. The number of hydrogen-bond donors (Lipinski definition) is 1. The molecule has 0 aliphatic rings. The Morgan fingerprint density at radius 1 is 1.14 bits per heavy atom. The molecule has 118 valence electrons. The minimum Gasteiger partial charge on any atom is -0.388 e. The summed E-state index contributed by atoms with van der Waals surface area (Å²) in [4.78, 5) is 0. The van der Waals surface area contributed by atoms with Crippen molar-refractivity contribution in [3.8, 4) is 0 Å². The second-order valence-electron chi connectivity index (χ2n) is 6.19. The number of unbranched alkanes of at least 4 members (excludes halogenated alkanes) is 5. The highest BCUT2D eigenvalue weighted by Gasteiger charge is 2.22. The second-order valence-corrected chi connectivity index (χ2v) is 6.19. The first-order valence-electron chi connectivity index (χ1n) is 8.10. The van der Waals surface area contributed by atoms with Gasteiger partial charge in [0.2, 0.25) is 0 Å². The van der Waals surface area contributed by atoms with Crippen LogP contribution in [0.2, 0.25) is 0 Å². The van der Waals surface area contributed by atoms with E-state index in [1.807, 2.05) is 25.3 Å². The van der Waals surface area contributed by atoms with Crippen molar-refractivity contribution in [2.75, 3.05) is 12.4 Å². The standard InChI is InChI=1S/C19H30FN/c1-5-6-7-8-9-10-11-12-16-13-14-17(21-4)15-18(16)19(2,3)20/h5,13-15,21H,1,6-12H2,2-4H3. The summed E-state index contributed by atoms with van der Waals surface area (Å²) in [5.74, 6) is 0. The molecule has 0 fully saturated rings. The molecule has 2 heteroatoms. The van der Waals surface area contributed by atoms with Gasteiger partial charge < -0.3 is 5.32 Å². The molecule has 1 rings (SSSR count). The van der Waals surface area contributed by atoms with Gasteiger partial charge in [0, 0.05) is 12.7 Å². The Hall–Kier alpha value is -1.31. The van der Waals surface area contributed by atoms with Crippen molar-refractivity contribution < 1.29 is 4.39 Å². The molecule has 1 aromatic carbocycles. The van der Waals surface area contributed by atoms with Gasteiger partial charge in [-0.1, -0.05) is 31.4 Å². The van der Waals surface area contributed by atoms with Crippen LogP contribution in [0.15, 0.2) is 30.9 Å². The van der Waals surface area contributed by atoms with Crippen LogP contribution in [-0.4, -0.2) is 7.05 Å². The minimum atomic E-state index is -1.29. The van der Waals surface area contributed by atoms with E-state index in [2.05, 4.69) is 18.0 Å². The molecular formula is C19H30FN. The fraction of sp³-hybridized carbons (Fsp3) is 0.579. The van der Waals surface area contributed by atoms with Crippen molar-refractivity contribution >= 4 is 5.69 Å². The fourth-order valence-electron chi connectivity index (χ4n) is 2.64. The van der Waals surface area contributed by atoms with Crippen molar-refractivity contribution in [2.24, 2.45) is 0 Å². The lowest BCUT2D eigenvalue weighted by molar-refractivity contribution is 0.220. The Morgan fingerprint density at radius 3 is 2.43 bits per heavy atom. The number of alkyl halides is 1. The third kappa shape index (κ3) is 6.33. The van der Waals surface area contributed by atoms with Crippen LogP contribution in [0.1, 0.15) is 63.5 Å². The molecule has 1 N–H and O–H groups in total. The van der Waals surface area contributed by atoms with Gasteiger partial charge >= 0.3 is 0 Å². The molecule has 0 bridgehead atoms. The summed E-state index contributed by atoms with van der Waals surface area (Å²) < 4.78 is 14.4. The van der Waals surface area contributed by atoms with Crippen LogP contribution in [0.3, 0.4) is 0 Å². The number of nitrogens with one attached hydrogen (secondary N) is 1. The number of hydrogen-bond acceptors (Lipinski definition) is 1. The quantitative estimate of drug-likeness (QED) is 0.411. The minimum absolute atomic E-state index is 0.820. The molecule has 1 nitrogen and oxygen atoms in total. The van der Waals surface area contributed by atoms with E-state index in [1.54, 1.807) is 13.8 Å². The van der Waals surface area contributed by atoms with Crippen molar-refractivity contribution in [3.63, 3.8) is 0 Å². The van der Waals surface area contributed by atoms with Crippen LogP contribution in [-0.2, 0) is 12.1 Å². The van der Waals surface area contributed by atoms with E-state index in [0.717, 1.165) is 36.1 Å². The largest absolute Gasteiger partial charge is 0.388 e. The highest BCUT2D eigenvalue weighted by atomic mass is 19.1. The molecule has 0 spiro atoms. The lowest BCUT2D eigenvalue weighted by Gasteiger charge is -2.20. The summed E-state index contributed by atoms with van der Waals surface area (Å²) in [7, 11) is 1.87. The average Bonchev–Trinajstić information content (AvgIpc) is 2.45. The first-order valence-corrected chi connectivity index (χ1v) is 8.10. The molecule has 0 radical (unpaired) electrons. The predicted octanol–water partition coefficient (Wildman–Crippen LogP) is 6.00. The number of allylic oxidation sites excluding steroid dienone is 1. The summed E-state index contributed by atoms with van der Waals surface area (Å²) in [6, 6.07) is 6.05. The third-order valence-electron chi connectivity index (χ3n) is 3.89. The van der Waals surface area contributed by atoms with E-state index >= 15 is 0 Å². The molecule has 0 aliphatic heterocycles. The van der Waals surface area contributed by atoms with Gasteiger partial charge in [-0.15, -0.1) is 6.58 Å². The Balaban J connectivity index is 2.52. The Bertz CT molecular complexity index is 432. The topological polar surface area (TPSA) is 12.0 Å². The van der Waals surface area contributed by atoms with Gasteiger partial charge in [0.1, 0.15) is 5.67 Å². The molecule has 0 amide bonds. The second kappa shape index (κ2) is 8.86. The van der Waals surface area contributed by atoms with Crippen LogP contribution in [0.4, 0.5) is 10.1 Å². The van der Waals surface area contributed by atoms with Gasteiger partial charge in [-0.05, 0) is 62.8 Å². The molecule has 0 aromatic heterocycles. The maximum absolute atomic E-state index is 14.4. The smallest absolute Gasteiger partial charge is 0.130 e. The molecule has 1 aromatic rings. The van der Waals surface area contributed by atoms with Crippen molar-refractivity contribution in [1.29, 1.82) is 0 Å². The Labute approximate surface area is 129 Å². The van der Waals surface area contributed by atoms with Gasteiger partial charge in [0.15, 0.2) is 0 Å². The monoisotopic (exact) mass is 291 g/mol. The van der Waals surface area contributed by atoms with Crippen molar-refractivity contribution in [3.05, 3.63) is 42.0 Å². The molecular weight excluding hydrogens is 261 g/mol. The van der Waals surface area contributed by atoms with Gasteiger partial charge in [0.05, 0.1) is 0 Å². The van der Waals surface area contributed by atoms with Crippen LogP contribution in [0, 0.1) is 0 Å². The zero-order valence-corrected chi connectivity index (χ0v) is 13.8. The first-order chi connectivity index (χ1) is 9.99. The molecule has 0 saturated heterocycles. The van der Waals surface area contributed by atoms with E-state index < -0.39 is 5.67 Å². The lowest BCUT2D eigenvalue weighted by Crippen LogP contribution is -2.13. The van der Waals surface area contributed by atoms with E-state index in [0.29, 0.717) is 0 Å². The Kier molecular flexibility index (Phi) is 7.49. The molecule has 0 atom stereocenters. The predicted molar refractivity (Wildman–Crippen MR) is 91.7 cm³/mol. The zero-order chi connectivity index (χ0) is 15.7. The fourth-order valence-corrected chi connectivity index (χ4v) is 2.64. The van der Waals surface area contributed by atoms with Crippen molar-refractivity contribution in [1.82, 2.24) is 0 Å². The third-order valence-corrected chi connectivity index (χ3v) is 3.89. The lowest BCUT2D eigenvalue weighted by atomic mass is 9.91. The van der Waals surface area contributed by atoms with Crippen LogP contribution >= 0.6 is 0 Å². The van der Waals surface area contributed by atoms with E-state index in [9.17, 15) is 4.39 Å². The summed E-state index contributed by atoms with van der Waals surface area (Å²) in [6.45, 7) is 7.02. The molecule has 0 aliphatic carbocycles. The number of rotatable bonds is 10. The summed E-state index contributed by atoms with van der Waals surface area (Å²) in [6.07, 6.45) is 10.2. The zero-order valence-electron chi connectivity index (χ0n) is 13.8. The highest BCUT2D eigenvalue weighted by Crippen LogP contribution is 2.31. The first kappa shape index (κ1) is 17.7.